The molecule has 1 aliphatic heterocycles. The van der Waals surface area contributed by atoms with E-state index in [0.29, 0.717) is 16.6 Å². The van der Waals surface area contributed by atoms with E-state index in [4.69, 9.17) is 4.74 Å². The fourth-order valence-electron chi connectivity index (χ4n) is 3.50. The molecule has 0 bridgehead atoms. The van der Waals surface area contributed by atoms with E-state index in [0.717, 1.165) is 0 Å². The SMILES string of the molecule is CC.CC(C)(C)OC(=O)N1CC(n2cc(-c3ccc(OC(F)(F)F)cc3)c3nccnc3c2=O)C1. The quantitative estimate of drug-likeness (QED) is 0.501. The highest BCUT2D eigenvalue weighted by Gasteiger charge is 2.36. The van der Waals surface area contributed by atoms with Crippen molar-refractivity contribution in [2.75, 3.05) is 13.1 Å². The van der Waals surface area contributed by atoms with Gasteiger partial charge in [-0.15, -0.1) is 13.2 Å². The van der Waals surface area contributed by atoms with Gasteiger partial charge in [-0.3, -0.25) is 9.78 Å². The van der Waals surface area contributed by atoms with Gasteiger partial charge in [0.15, 0.2) is 5.52 Å². The second-order valence-corrected chi connectivity index (χ2v) is 8.62. The van der Waals surface area contributed by atoms with E-state index in [9.17, 15) is 22.8 Å². The van der Waals surface area contributed by atoms with E-state index in [-0.39, 0.29) is 36.0 Å². The first kappa shape index (κ1) is 26.0. The number of aromatic nitrogens is 3. The van der Waals surface area contributed by atoms with Crippen molar-refractivity contribution in [1.82, 2.24) is 19.4 Å². The Morgan fingerprint density at radius 3 is 2.11 bits per heavy atom. The molecule has 0 atom stereocenters. The Kier molecular flexibility index (Phi) is 7.37. The minimum absolute atomic E-state index is 0.126. The molecule has 0 saturated carbocycles. The molecule has 1 fully saturated rings. The zero-order chi connectivity index (χ0) is 26.0. The highest BCUT2D eigenvalue weighted by molar-refractivity contribution is 5.90. The molecule has 0 aliphatic carbocycles. The maximum absolute atomic E-state index is 13.0. The third kappa shape index (κ3) is 6.09. The molecule has 0 unspecified atom stereocenters. The molecular formula is C24H27F3N4O4. The number of benzene rings is 1. The van der Waals surface area contributed by atoms with Crippen LogP contribution in [0, 0.1) is 0 Å². The van der Waals surface area contributed by atoms with Gasteiger partial charge in [0.05, 0.1) is 6.04 Å². The summed E-state index contributed by atoms with van der Waals surface area (Å²) in [5, 5.41) is 0. The third-order valence-corrected chi connectivity index (χ3v) is 4.96. The lowest BCUT2D eigenvalue weighted by atomic mass is 10.0. The summed E-state index contributed by atoms with van der Waals surface area (Å²) in [5.41, 5.74) is 0.506. The number of ether oxygens (including phenoxy) is 2. The summed E-state index contributed by atoms with van der Waals surface area (Å²) < 4.78 is 48.2. The molecule has 1 amide bonds. The van der Waals surface area contributed by atoms with E-state index >= 15 is 0 Å². The van der Waals surface area contributed by atoms with Crippen LogP contribution in [0.4, 0.5) is 18.0 Å². The molecule has 188 valence electrons. The van der Waals surface area contributed by atoms with Gasteiger partial charge in [0, 0.05) is 37.2 Å². The predicted octanol–water partition coefficient (Wildman–Crippen LogP) is 5.18. The van der Waals surface area contributed by atoms with Crippen LogP contribution in [0.5, 0.6) is 5.75 Å². The van der Waals surface area contributed by atoms with Gasteiger partial charge in [-0.25, -0.2) is 9.78 Å². The molecule has 3 aromatic rings. The van der Waals surface area contributed by atoms with E-state index in [1.54, 1.807) is 27.0 Å². The van der Waals surface area contributed by atoms with Gasteiger partial charge < -0.3 is 18.9 Å². The second-order valence-electron chi connectivity index (χ2n) is 8.62. The summed E-state index contributed by atoms with van der Waals surface area (Å²) in [7, 11) is 0. The fraction of sp³-hybridized carbons (Fsp3) is 0.417. The Morgan fingerprint density at radius 1 is 1.00 bits per heavy atom. The monoisotopic (exact) mass is 492 g/mol. The van der Waals surface area contributed by atoms with Crippen molar-refractivity contribution < 1.29 is 27.4 Å². The molecule has 8 nitrogen and oxygen atoms in total. The lowest BCUT2D eigenvalue weighted by Gasteiger charge is -2.40. The van der Waals surface area contributed by atoms with Crippen LogP contribution >= 0.6 is 0 Å². The Morgan fingerprint density at radius 2 is 1.57 bits per heavy atom. The standard InChI is InChI=1S/C22H21F3N4O4.C2H6/c1-21(2,3)33-20(31)28-10-14(11-28)29-12-16(17-18(19(29)30)27-9-8-26-17)13-4-6-15(7-5-13)32-22(23,24)25;1-2/h4-9,12,14H,10-11H2,1-3H3;1-2H3. The first-order valence-corrected chi connectivity index (χ1v) is 11.1. The van der Waals surface area contributed by atoms with Crippen LogP contribution in [0.25, 0.3) is 22.2 Å². The molecule has 0 radical (unpaired) electrons. The summed E-state index contributed by atoms with van der Waals surface area (Å²) in [6, 6.07) is 4.98. The van der Waals surface area contributed by atoms with Gasteiger partial charge in [0.2, 0.25) is 0 Å². The zero-order valence-corrected chi connectivity index (χ0v) is 20.1. The maximum Gasteiger partial charge on any atom is 0.573 e. The number of nitrogens with zero attached hydrogens (tertiary/aromatic N) is 4. The van der Waals surface area contributed by atoms with E-state index in [1.165, 1.54) is 46.1 Å². The van der Waals surface area contributed by atoms with Crippen LogP contribution in [-0.2, 0) is 4.74 Å². The van der Waals surface area contributed by atoms with Crippen LogP contribution in [-0.4, -0.2) is 50.6 Å². The van der Waals surface area contributed by atoms with Crippen molar-refractivity contribution in [2.45, 2.75) is 52.6 Å². The van der Waals surface area contributed by atoms with Crippen LogP contribution in [0.1, 0.15) is 40.7 Å². The normalized spacial score (nSPS) is 14.1. The highest BCUT2D eigenvalue weighted by Crippen LogP contribution is 2.31. The molecule has 1 aromatic carbocycles. The van der Waals surface area contributed by atoms with Crippen LogP contribution in [0.15, 0.2) is 47.7 Å². The summed E-state index contributed by atoms with van der Waals surface area (Å²) in [6.07, 6.45) is -0.837. The number of halogens is 3. The zero-order valence-electron chi connectivity index (χ0n) is 20.1. The average Bonchev–Trinajstić information content (AvgIpc) is 2.74. The minimum Gasteiger partial charge on any atom is -0.444 e. The summed E-state index contributed by atoms with van der Waals surface area (Å²) in [4.78, 5) is 35.2. The largest absolute Gasteiger partial charge is 0.573 e. The summed E-state index contributed by atoms with van der Waals surface area (Å²) in [5.74, 6) is -0.359. The highest BCUT2D eigenvalue weighted by atomic mass is 19.4. The molecule has 11 heteroatoms. The van der Waals surface area contributed by atoms with Gasteiger partial charge in [0.1, 0.15) is 16.9 Å². The van der Waals surface area contributed by atoms with Crippen molar-refractivity contribution in [3.05, 3.63) is 53.2 Å². The fourth-order valence-corrected chi connectivity index (χ4v) is 3.50. The molecule has 35 heavy (non-hydrogen) atoms. The Labute approximate surface area is 200 Å². The van der Waals surface area contributed by atoms with Crippen molar-refractivity contribution >= 4 is 17.1 Å². The van der Waals surface area contributed by atoms with Crippen molar-refractivity contribution in [2.24, 2.45) is 0 Å². The van der Waals surface area contributed by atoms with Crippen LogP contribution in [0.2, 0.25) is 0 Å². The van der Waals surface area contributed by atoms with Crippen molar-refractivity contribution in [3.8, 4) is 16.9 Å². The minimum atomic E-state index is -4.79. The van der Waals surface area contributed by atoms with Crippen LogP contribution < -0.4 is 10.3 Å². The molecule has 4 rings (SSSR count). The number of hydrogen-bond donors (Lipinski definition) is 0. The third-order valence-electron chi connectivity index (χ3n) is 4.96. The van der Waals surface area contributed by atoms with Crippen molar-refractivity contribution in [1.29, 1.82) is 0 Å². The number of hydrogen-bond acceptors (Lipinski definition) is 6. The lowest BCUT2D eigenvalue weighted by molar-refractivity contribution is -0.274. The Hall–Kier alpha value is -3.63. The Balaban J connectivity index is 0.00000167. The lowest BCUT2D eigenvalue weighted by Crippen LogP contribution is -2.54. The number of likely N-dealkylation sites (tertiary alicyclic amines) is 1. The molecule has 0 N–H and O–H groups in total. The molecule has 1 aliphatic rings. The second kappa shape index (κ2) is 9.93. The number of alkyl halides is 3. The number of rotatable bonds is 3. The van der Waals surface area contributed by atoms with E-state index in [2.05, 4.69) is 14.7 Å². The van der Waals surface area contributed by atoms with Gasteiger partial charge in [-0.1, -0.05) is 26.0 Å². The molecular weight excluding hydrogens is 465 g/mol. The first-order chi connectivity index (χ1) is 16.4. The molecule has 3 heterocycles. The number of carbonyl (C=O) groups excluding carboxylic acids is 1. The topological polar surface area (TPSA) is 86.6 Å². The first-order valence-electron chi connectivity index (χ1n) is 11.1. The van der Waals surface area contributed by atoms with Gasteiger partial charge in [0.25, 0.3) is 5.56 Å². The average molecular weight is 492 g/mol. The van der Waals surface area contributed by atoms with Gasteiger partial charge in [-0.2, -0.15) is 0 Å². The number of fused-ring (bicyclic) bond motifs is 1. The number of pyridine rings is 1. The van der Waals surface area contributed by atoms with E-state index < -0.39 is 18.1 Å². The number of carbonyl (C=O) groups is 1. The summed E-state index contributed by atoms with van der Waals surface area (Å²) in [6.45, 7) is 9.86. The van der Waals surface area contributed by atoms with Crippen LogP contribution in [0.3, 0.4) is 0 Å². The smallest absolute Gasteiger partial charge is 0.444 e. The number of amides is 1. The van der Waals surface area contributed by atoms with E-state index in [1.807, 2.05) is 13.8 Å². The molecule has 2 aromatic heterocycles. The molecule has 0 spiro atoms. The van der Waals surface area contributed by atoms with Gasteiger partial charge in [-0.05, 0) is 38.5 Å². The Bertz CT molecular complexity index is 1240. The van der Waals surface area contributed by atoms with Gasteiger partial charge >= 0.3 is 12.5 Å². The predicted molar refractivity (Wildman–Crippen MR) is 124 cm³/mol. The maximum atomic E-state index is 13.0. The van der Waals surface area contributed by atoms with Crippen molar-refractivity contribution in [3.63, 3.8) is 0 Å². The molecule has 1 saturated heterocycles. The summed E-state index contributed by atoms with van der Waals surface area (Å²) >= 11 is 0.